The van der Waals surface area contributed by atoms with E-state index in [0.29, 0.717) is 18.1 Å². The second-order valence-corrected chi connectivity index (χ2v) is 4.97. The highest BCUT2D eigenvalue weighted by Gasteiger charge is 2.08. The summed E-state index contributed by atoms with van der Waals surface area (Å²) >= 11 is 0. The molecule has 23 heavy (non-hydrogen) atoms. The number of carbonyl (C=O) groups is 1. The number of nitrogens with zero attached hydrogens (tertiary/aromatic N) is 1. The van der Waals surface area contributed by atoms with Crippen LogP contribution in [0.4, 0.5) is 5.69 Å². The minimum Gasteiger partial charge on any atom is -0.490 e. The fraction of sp³-hybridized carbons (Fsp3) is 0.222. The Balaban J connectivity index is 2.09. The van der Waals surface area contributed by atoms with Crippen LogP contribution in [0.5, 0.6) is 11.5 Å². The lowest BCUT2D eigenvalue weighted by molar-refractivity contribution is -0.132. The summed E-state index contributed by atoms with van der Waals surface area (Å²) in [6.45, 7) is 5.75. The normalized spacial score (nSPS) is 10.6. The summed E-state index contributed by atoms with van der Waals surface area (Å²) in [4.78, 5) is 11.1. The fourth-order valence-electron chi connectivity index (χ4n) is 1.92. The third-order valence-corrected chi connectivity index (χ3v) is 2.98. The number of rotatable bonds is 6. The van der Waals surface area contributed by atoms with Crippen LogP contribution in [0.25, 0.3) is 0 Å². The highest BCUT2D eigenvalue weighted by atomic mass is 16.6. The molecule has 0 radical (unpaired) electrons. The van der Waals surface area contributed by atoms with Gasteiger partial charge in [0.15, 0.2) is 11.5 Å². The number of anilines is 1. The molecule has 0 bridgehead atoms. The Morgan fingerprint density at radius 1 is 1.17 bits per heavy atom. The number of benzene rings is 2. The summed E-state index contributed by atoms with van der Waals surface area (Å²) in [6.07, 6.45) is 1.68. The summed E-state index contributed by atoms with van der Waals surface area (Å²) in [5, 5.41) is 4.20. The number of esters is 1. The Morgan fingerprint density at radius 2 is 1.91 bits per heavy atom. The van der Waals surface area contributed by atoms with Crippen LogP contribution in [0.2, 0.25) is 0 Å². The van der Waals surface area contributed by atoms with Crippen molar-refractivity contribution in [3.8, 4) is 11.5 Å². The van der Waals surface area contributed by atoms with E-state index in [9.17, 15) is 4.79 Å². The summed E-state index contributed by atoms with van der Waals surface area (Å²) in [7, 11) is 0. The lowest BCUT2D eigenvalue weighted by Crippen LogP contribution is -2.04. The first kappa shape index (κ1) is 16.5. The molecule has 0 heterocycles. The minimum atomic E-state index is -0.381. The average Bonchev–Trinajstić information content (AvgIpc) is 2.51. The van der Waals surface area contributed by atoms with Gasteiger partial charge in [0.25, 0.3) is 0 Å². The van der Waals surface area contributed by atoms with Crippen molar-refractivity contribution in [1.29, 1.82) is 0 Å². The van der Waals surface area contributed by atoms with E-state index in [-0.39, 0.29) is 5.97 Å². The first-order chi connectivity index (χ1) is 11.1. The summed E-state index contributed by atoms with van der Waals surface area (Å²) in [6, 6.07) is 13.2. The first-order valence-electron chi connectivity index (χ1n) is 7.39. The van der Waals surface area contributed by atoms with Crippen molar-refractivity contribution in [3.05, 3.63) is 53.6 Å². The van der Waals surface area contributed by atoms with Crippen LogP contribution in [0, 0.1) is 6.92 Å². The minimum absolute atomic E-state index is 0.381. The third kappa shape index (κ3) is 5.14. The van der Waals surface area contributed by atoms with Crippen LogP contribution < -0.4 is 14.9 Å². The molecule has 0 spiro atoms. The van der Waals surface area contributed by atoms with Crippen LogP contribution in [-0.2, 0) is 4.79 Å². The molecular weight excluding hydrogens is 292 g/mol. The number of hydrogen-bond acceptors (Lipinski definition) is 5. The van der Waals surface area contributed by atoms with Gasteiger partial charge in [0, 0.05) is 6.92 Å². The van der Waals surface area contributed by atoms with Crippen molar-refractivity contribution in [2.45, 2.75) is 20.8 Å². The number of hydrogen-bond donors (Lipinski definition) is 1. The quantitative estimate of drug-likeness (QED) is 0.382. The van der Waals surface area contributed by atoms with E-state index in [4.69, 9.17) is 9.47 Å². The first-order valence-corrected chi connectivity index (χ1v) is 7.39. The summed E-state index contributed by atoms with van der Waals surface area (Å²) in [5.74, 6) is 0.540. The fourth-order valence-corrected chi connectivity index (χ4v) is 1.92. The molecule has 0 fully saturated rings. The van der Waals surface area contributed by atoms with Crippen molar-refractivity contribution in [2.24, 2.45) is 5.10 Å². The summed E-state index contributed by atoms with van der Waals surface area (Å²) < 4.78 is 10.6. The average molecular weight is 312 g/mol. The van der Waals surface area contributed by atoms with Crippen LogP contribution in [0.3, 0.4) is 0 Å². The standard InChI is InChI=1S/C18H20N2O3/c1-4-22-18-11-15(7-10-17(18)23-14(3)21)12-19-20-16-8-5-13(2)6-9-16/h5-12,20H,4H2,1-3H3. The molecule has 5 heteroatoms. The molecule has 5 nitrogen and oxygen atoms in total. The Labute approximate surface area is 135 Å². The van der Waals surface area contributed by atoms with Gasteiger partial charge in [0.05, 0.1) is 18.5 Å². The maximum Gasteiger partial charge on any atom is 0.308 e. The van der Waals surface area contributed by atoms with Gasteiger partial charge in [-0.1, -0.05) is 17.7 Å². The van der Waals surface area contributed by atoms with Gasteiger partial charge in [-0.2, -0.15) is 5.10 Å². The zero-order valence-corrected chi connectivity index (χ0v) is 13.5. The molecule has 0 amide bonds. The largest absolute Gasteiger partial charge is 0.490 e. The van der Waals surface area contributed by atoms with Crippen LogP contribution >= 0.6 is 0 Å². The van der Waals surface area contributed by atoms with E-state index in [0.717, 1.165) is 11.3 Å². The Morgan fingerprint density at radius 3 is 2.57 bits per heavy atom. The molecule has 0 aliphatic heterocycles. The third-order valence-electron chi connectivity index (χ3n) is 2.98. The van der Waals surface area contributed by atoms with Crippen molar-refractivity contribution in [1.82, 2.24) is 0 Å². The predicted molar refractivity (Wildman–Crippen MR) is 91.3 cm³/mol. The molecule has 120 valence electrons. The van der Waals surface area contributed by atoms with Crippen molar-refractivity contribution < 1.29 is 14.3 Å². The van der Waals surface area contributed by atoms with E-state index in [2.05, 4.69) is 10.5 Å². The number of aryl methyl sites for hydroxylation is 1. The van der Waals surface area contributed by atoms with E-state index >= 15 is 0 Å². The van der Waals surface area contributed by atoms with Crippen LogP contribution in [0.15, 0.2) is 47.6 Å². The van der Waals surface area contributed by atoms with Crippen molar-refractivity contribution in [3.63, 3.8) is 0 Å². The lowest BCUT2D eigenvalue weighted by Gasteiger charge is -2.10. The second kappa shape index (κ2) is 7.98. The highest BCUT2D eigenvalue weighted by Crippen LogP contribution is 2.28. The lowest BCUT2D eigenvalue weighted by atomic mass is 10.2. The van der Waals surface area contributed by atoms with Gasteiger partial charge in [-0.05, 0) is 49.7 Å². The van der Waals surface area contributed by atoms with Gasteiger partial charge in [-0.25, -0.2) is 0 Å². The molecule has 0 saturated carbocycles. The van der Waals surface area contributed by atoms with E-state index in [1.54, 1.807) is 24.4 Å². The maximum atomic E-state index is 11.1. The zero-order chi connectivity index (χ0) is 16.7. The van der Waals surface area contributed by atoms with Crippen LogP contribution in [0.1, 0.15) is 25.0 Å². The number of carbonyl (C=O) groups excluding carboxylic acids is 1. The second-order valence-electron chi connectivity index (χ2n) is 4.97. The smallest absolute Gasteiger partial charge is 0.308 e. The molecular formula is C18H20N2O3. The number of nitrogens with one attached hydrogen (secondary N) is 1. The Kier molecular flexibility index (Phi) is 5.74. The van der Waals surface area contributed by atoms with E-state index < -0.39 is 0 Å². The topological polar surface area (TPSA) is 59.9 Å². The number of ether oxygens (including phenoxy) is 2. The molecule has 2 aromatic carbocycles. The van der Waals surface area contributed by atoms with Crippen molar-refractivity contribution >= 4 is 17.9 Å². The van der Waals surface area contributed by atoms with Gasteiger partial charge in [0.2, 0.25) is 0 Å². The van der Waals surface area contributed by atoms with E-state index in [1.807, 2.05) is 38.1 Å². The molecule has 0 aromatic heterocycles. The maximum absolute atomic E-state index is 11.1. The van der Waals surface area contributed by atoms with Gasteiger partial charge in [0.1, 0.15) is 0 Å². The van der Waals surface area contributed by atoms with Gasteiger partial charge < -0.3 is 9.47 Å². The van der Waals surface area contributed by atoms with Crippen LogP contribution in [-0.4, -0.2) is 18.8 Å². The molecule has 2 rings (SSSR count). The SMILES string of the molecule is CCOc1cc(C=NNc2ccc(C)cc2)ccc1OC(C)=O. The predicted octanol–water partition coefficient (Wildman–Crippen LogP) is 3.77. The molecule has 0 aliphatic carbocycles. The van der Waals surface area contributed by atoms with Gasteiger partial charge in [-0.3, -0.25) is 10.2 Å². The van der Waals surface area contributed by atoms with Gasteiger partial charge in [-0.15, -0.1) is 0 Å². The van der Waals surface area contributed by atoms with E-state index in [1.165, 1.54) is 12.5 Å². The van der Waals surface area contributed by atoms with Crippen molar-refractivity contribution in [2.75, 3.05) is 12.0 Å². The highest BCUT2D eigenvalue weighted by molar-refractivity contribution is 5.82. The molecule has 0 atom stereocenters. The summed E-state index contributed by atoms with van der Waals surface area (Å²) in [5.41, 5.74) is 5.91. The Hall–Kier alpha value is -2.82. The molecule has 0 unspecified atom stereocenters. The zero-order valence-electron chi connectivity index (χ0n) is 13.5. The molecule has 0 aliphatic rings. The number of hydrazone groups is 1. The molecule has 1 N–H and O–H groups in total. The monoisotopic (exact) mass is 312 g/mol. The molecule has 0 saturated heterocycles. The molecule has 2 aromatic rings. The Bertz CT molecular complexity index is 694. The van der Waals surface area contributed by atoms with Gasteiger partial charge >= 0.3 is 5.97 Å².